The second-order valence-electron chi connectivity index (χ2n) is 5.61. The standard InChI is InChI=1S/C21H14N2S/c1-14(16-6-4-5-15(11-16)13-22)17-9-10-21-19(12-17)23-18-7-2-3-8-20(18)24-21/h2-12,23H,1H2. The molecule has 114 valence electrons. The van der Waals surface area contributed by atoms with Crippen molar-refractivity contribution in [2.75, 3.05) is 5.32 Å². The Bertz CT molecular complexity index is 999. The van der Waals surface area contributed by atoms with Crippen LogP contribution < -0.4 is 5.32 Å². The van der Waals surface area contributed by atoms with E-state index in [1.165, 1.54) is 9.79 Å². The number of hydrogen-bond acceptors (Lipinski definition) is 3. The number of benzene rings is 3. The van der Waals surface area contributed by atoms with Gasteiger partial charge in [-0.25, -0.2) is 0 Å². The van der Waals surface area contributed by atoms with E-state index in [2.05, 4.69) is 54.4 Å². The Kier molecular flexibility index (Phi) is 3.60. The van der Waals surface area contributed by atoms with Crippen LogP contribution >= 0.6 is 11.8 Å². The minimum atomic E-state index is 0.647. The van der Waals surface area contributed by atoms with Gasteiger partial charge in [-0.05, 0) is 53.1 Å². The van der Waals surface area contributed by atoms with Gasteiger partial charge >= 0.3 is 0 Å². The number of nitrogens with one attached hydrogen (secondary N) is 1. The van der Waals surface area contributed by atoms with E-state index in [1.54, 1.807) is 17.8 Å². The molecule has 0 saturated carbocycles. The normalized spacial score (nSPS) is 11.6. The van der Waals surface area contributed by atoms with E-state index >= 15 is 0 Å². The summed E-state index contributed by atoms with van der Waals surface area (Å²) in [5.41, 5.74) is 5.81. The molecule has 3 heteroatoms. The van der Waals surface area contributed by atoms with Gasteiger partial charge in [-0.3, -0.25) is 0 Å². The molecule has 1 heterocycles. The lowest BCUT2D eigenvalue weighted by Gasteiger charge is -2.21. The van der Waals surface area contributed by atoms with Crippen LogP contribution in [-0.4, -0.2) is 0 Å². The van der Waals surface area contributed by atoms with Gasteiger partial charge in [0.05, 0.1) is 23.0 Å². The summed E-state index contributed by atoms with van der Waals surface area (Å²) in [5.74, 6) is 0. The Morgan fingerprint density at radius 3 is 2.54 bits per heavy atom. The van der Waals surface area contributed by atoms with Crippen molar-refractivity contribution in [2.24, 2.45) is 0 Å². The Hall–Kier alpha value is -2.96. The molecule has 2 nitrogen and oxygen atoms in total. The summed E-state index contributed by atoms with van der Waals surface area (Å²) >= 11 is 1.77. The van der Waals surface area contributed by atoms with Crippen LogP contribution in [-0.2, 0) is 0 Å². The van der Waals surface area contributed by atoms with E-state index in [1.807, 2.05) is 24.3 Å². The van der Waals surface area contributed by atoms with Crippen molar-refractivity contribution in [3.05, 3.63) is 90.0 Å². The van der Waals surface area contributed by atoms with E-state index in [4.69, 9.17) is 5.26 Å². The number of nitriles is 1. The minimum absolute atomic E-state index is 0.647. The third-order valence-corrected chi connectivity index (χ3v) is 5.20. The van der Waals surface area contributed by atoms with Crippen LogP contribution in [0.2, 0.25) is 0 Å². The van der Waals surface area contributed by atoms with Crippen LogP contribution in [0.25, 0.3) is 5.57 Å². The first-order chi connectivity index (χ1) is 11.7. The molecule has 3 aromatic carbocycles. The Morgan fingerprint density at radius 2 is 1.67 bits per heavy atom. The molecule has 0 amide bonds. The predicted molar refractivity (Wildman–Crippen MR) is 99.6 cm³/mol. The van der Waals surface area contributed by atoms with Gasteiger partial charge in [0.2, 0.25) is 0 Å². The Morgan fingerprint density at radius 1 is 0.875 bits per heavy atom. The second-order valence-corrected chi connectivity index (χ2v) is 6.69. The molecule has 0 radical (unpaired) electrons. The molecule has 4 rings (SSSR count). The van der Waals surface area contributed by atoms with E-state index < -0.39 is 0 Å². The summed E-state index contributed by atoms with van der Waals surface area (Å²) in [7, 11) is 0. The molecule has 0 atom stereocenters. The summed E-state index contributed by atoms with van der Waals surface area (Å²) in [6.45, 7) is 4.22. The second kappa shape index (κ2) is 5.92. The van der Waals surface area contributed by atoms with Crippen LogP contribution in [0, 0.1) is 11.3 Å². The van der Waals surface area contributed by atoms with Crippen molar-refractivity contribution in [1.29, 1.82) is 5.26 Å². The molecule has 0 saturated heterocycles. The van der Waals surface area contributed by atoms with E-state index in [0.717, 1.165) is 28.1 Å². The summed E-state index contributed by atoms with van der Waals surface area (Å²) in [6, 6.07) is 24.4. The molecule has 0 bridgehead atoms. The van der Waals surface area contributed by atoms with E-state index in [0.29, 0.717) is 5.56 Å². The van der Waals surface area contributed by atoms with Gasteiger partial charge in [0.1, 0.15) is 0 Å². The quantitative estimate of drug-likeness (QED) is 0.503. The van der Waals surface area contributed by atoms with Gasteiger partial charge in [0.15, 0.2) is 0 Å². The molecule has 0 aliphatic carbocycles. The van der Waals surface area contributed by atoms with Crippen molar-refractivity contribution < 1.29 is 0 Å². The topological polar surface area (TPSA) is 35.8 Å². The number of fused-ring (bicyclic) bond motifs is 2. The zero-order valence-electron chi connectivity index (χ0n) is 12.9. The Labute approximate surface area is 145 Å². The molecule has 0 spiro atoms. The van der Waals surface area contributed by atoms with Crippen LogP contribution in [0.1, 0.15) is 16.7 Å². The molecule has 24 heavy (non-hydrogen) atoms. The Balaban J connectivity index is 1.69. The van der Waals surface area contributed by atoms with Crippen molar-refractivity contribution in [2.45, 2.75) is 9.79 Å². The average molecular weight is 326 g/mol. The first-order valence-corrected chi connectivity index (χ1v) is 8.44. The monoisotopic (exact) mass is 326 g/mol. The van der Waals surface area contributed by atoms with Crippen LogP contribution in [0.5, 0.6) is 0 Å². The van der Waals surface area contributed by atoms with Crippen LogP contribution in [0.15, 0.2) is 83.1 Å². The lowest BCUT2D eigenvalue weighted by Crippen LogP contribution is -2.00. The molecule has 0 fully saturated rings. The number of anilines is 2. The third-order valence-electron chi connectivity index (χ3n) is 4.04. The third kappa shape index (κ3) is 2.58. The summed E-state index contributed by atoms with van der Waals surface area (Å²) < 4.78 is 0. The highest BCUT2D eigenvalue weighted by Gasteiger charge is 2.16. The van der Waals surface area contributed by atoms with Gasteiger partial charge in [0, 0.05) is 9.79 Å². The number of para-hydroxylation sites is 1. The summed E-state index contributed by atoms with van der Waals surface area (Å²) in [4.78, 5) is 2.44. The van der Waals surface area contributed by atoms with Gasteiger partial charge in [-0.2, -0.15) is 5.26 Å². The molecule has 0 unspecified atom stereocenters. The minimum Gasteiger partial charge on any atom is -0.354 e. The molecular weight excluding hydrogens is 312 g/mol. The maximum Gasteiger partial charge on any atom is 0.0991 e. The number of nitrogens with zero attached hydrogens (tertiary/aromatic N) is 1. The predicted octanol–water partition coefficient (Wildman–Crippen LogP) is 5.83. The van der Waals surface area contributed by atoms with E-state index in [-0.39, 0.29) is 0 Å². The highest BCUT2D eigenvalue weighted by Crippen LogP contribution is 2.44. The smallest absolute Gasteiger partial charge is 0.0991 e. The SMILES string of the molecule is C=C(c1cccc(C#N)c1)c1ccc2c(c1)Nc1ccccc1S2. The largest absolute Gasteiger partial charge is 0.354 e. The molecule has 1 aliphatic heterocycles. The highest BCUT2D eigenvalue weighted by atomic mass is 32.2. The lowest BCUT2D eigenvalue weighted by atomic mass is 9.98. The van der Waals surface area contributed by atoms with Gasteiger partial charge in [0.25, 0.3) is 0 Å². The molecule has 3 aromatic rings. The zero-order valence-corrected chi connectivity index (χ0v) is 13.7. The summed E-state index contributed by atoms with van der Waals surface area (Å²) in [5, 5.41) is 12.6. The molecule has 1 aliphatic rings. The van der Waals surface area contributed by atoms with Crippen LogP contribution in [0.3, 0.4) is 0 Å². The number of rotatable bonds is 2. The first-order valence-electron chi connectivity index (χ1n) is 7.62. The maximum atomic E-state index is 9.07. The van der Waals surface area contributed by atoms with E-state index in [9.17, 15) is 0 Å². The fraction of sp³-hybridized carbons (Fsp3) is 0. The highest BCUT2D eigenvalue weighted by molar-refractivity contribution is 7.99. The average Bonchev–Trinajstić information content (AvgIpc) is 2.65. The van der Waals surface area contributed by atoms with Crippen LogP contribution in [0.4, 0.5) is 11.4 Å². The fourth-order valence-electron chi connectivity index (χ4n) is 2.77. The van der Waals surface area contributed by atoms with Gasteiger partial charge in [-0.15, -0.1) is 0 Å². The molecule has 0 aromatic heterocycles. The van der Waals surface area contributed by atoms with Crippen molar-refractivity contribution in [1.82, 2.24) is 0 Å². The van der Waals surface area contributed by atoms with Crippen molar-refractivity contribution >= 4 is 28.7 Å². The first kappa shape index (κ1) is 14.6. The zero-order chi connectivity index (χ0) is 16.5. The molecule has 1 N–H and O–H groups in total. The fourth-order valence-corrected chi connectivity index (χ4v) is 3.74. The van der Waals surface area contributed by atoms with Gasteiger partial charge in [-0.1, -0.05) is 48.7 Å². The summed E-state index contributed by atoms with van der Waals surface area (Å²) in [6.07, 6.45) is 0. The number of hydrogen-bond donors (Lipinski definition) is 1. The molecular formula is C21H14N2S. The van der Waals surface area contributed by atoms with Gasteiger partial charge < -0.3 is 5.32 Å². The van der Waals surface area contributed by atoms with Crippen molar-refractivity contribution in [3.8, 4) is 6.07 Å². The van der Waals surface area contributed by atoms with Crippen molar-refractivity contribution in [3.63, 3.8) is 0 Å². The maximum absolute atomic E-state index is 9.07. The lowest BCUT2D eigenvalue weighted by molar-refractivity contribution is 1.31.